The van der Waals surface area contributed by atoms with Gasteiger partial charge < -0.3 is 0 Å². The van der Waals surface area contributed by atoms with E-state index in [1.54, 1.807) is 10.9 Å². The number of amides is 1. The van der Waals surface area contributed by atoms with Crippen molar-refractivity contribution in [2.45, 2.75) is 20.4 Å². The van der Waals surface area contributed by atoms with Crippen LogP contribution in [0.25, 0.3) is 0 Å². The van der Waals surface area contributed by atoms with Crippen molar-refractivity contribution in [3.8, 4) is 0 Å². The molecule has 1 aromatic carbocycles. The van der Waals surface area contributed by atoms with E-state index in [2.05, 4.69) is 31.6 Å². The van der Waals surface area contributed by atoms with Crippen molar-refractivity contribution in [2.24, 2.45) is 5.10 Å². The van der Waals surface area contributed by atoms with Crippen LogP contribution in [0.1, 0.15) is 17.0 Å². The lowest BCUT2D eigenvalue weighted by atomic mass is 10.2. The number of nitrogens with one attached hydrogen (secondary N) is 1. The van der Waals surface area contributed by atoms with Crippen LogP contribution in [0.3, 0.4) is 0 Å². The van der Waals surface area contributed by atoms with Crippen molar-refractivity contribution >= 4 is 28.1 Å². The van der Waals surface area contributed by atoms with Crippen LogP contribution in [0.5, 0.6) is 0 Å². The normalized spacial score (nSPS) is 10.9. The van der Waals surface area contributed by atoms with Crippen LogP contribution in [-0.4, -0.2) is 21.9 Å². The number of hydrazone groups is 1. The Morgan fingerprint density at radius 3 is 2.90 bits per heavy atom. The Morgan fingerprint density at radius 1 is 1.45 bits per heavy atom. The van der Waals surface area contributed by atoms with Gasteiger partial charge in [0.1, 0.15) is 6.54 Å². The van der Waals surface area contributed by atoms with Crippen molar-refractivity contribution in [1.29, 1.82) is 0 Å². The first-order valence-corrected chi connectivity index (χ1v) is 6.92. The van der Waals surface area contributed by atoms with E-state index in [-0.39, 0.29) is 12.5 Å². The molecule has 0 aliphatic carbocycles. The van der Waals surface area contributed by atoms with Crippen molar-refractivity contribution in [3.05, 3.63) is 51.8 Å². The standard InChI is InChI=1S/C14H15BrN4O/c1-10-6-11(2)19(18-10)9-14(20)17-16-8-12-4-3-5-13(15)7-12/h3-8H,9H2,1-2H3,(H,17,20)/b16-8+. The first-order chi connectivity index (χ1) is 9.54. The Labute approximate surface area is 125 Å². The summed E-state index contributed by atoms with van der Waals surface area (Å²) in [6.07, 6.45) is 1.60. The van der Waals surface area contributed by atoms with E-state index in [0.717, 1.165) is 21.4 Å². The van der Waals surface area contributed by atoms with Crippen LogP contribution in [-0.2, 0) is 11.3 Å². The second kappa shape index (κ2) is 6.47. The van der Waals surface area contributed by atoms with Crippen molar-refractivity contribution < 1.29 is 4.79 Å². The Balaban J connectivity index is 1.91. The van der Waals surface area contributed by atoms with E-state index in [4.69, 9.17) is 0 Å². The Kier molecular flexibility index (Phi) is 4.68. The van der Waals surface area contributed by atoms with Gasteiger partial charge in [0.05, 0.1) is 11.9 Å². The molecule has 0 unspecified atom stereocenters. The van der Waals surface area contributed by atoms with Crippen molar-refractivity contribution in [1.82, 2.24) is 15.2 Å². The van der Waals surface area contributed by atoms with Crippen LogP contribution < -0.4 is 5.43 Å². The van der Waals surface area contributed by atoms with E-state index in [1.165, 1.54) is 0 Å². The molecule has 0 aliphatic rings. The quantitative estimate of drug-likeness (QED) is 0.689. The second-order valence-electron chi connectivity index (χ2n) is 4.43. The van der Waals surface area contributed by atoms with Gasteiger partial charge in [-0.3, -0.25) is 9.48 Å². The molecule has 1 heterocycles. The molecule has 0 aliphatic heterocycles. The van der Waals surface area contributed by atoms with Gasteiger partial charge in [0.2, 0.25) is 0 Å². The van der Waals surface area contributed by atoms with Gasteiger partial charge in [-0.2, -0.15) is 10.2 Å². The summed E-state index contributed by atoms with van der Waals surface area (Å²) in [4.78, 5) is 11.7. The molecule has 5 nitrogen and oxygen atoms in total. The predicted molar refractivity (Wildman–Crippen MR) is 81.6 cm³/mol. The third kappa shape index (κ3) is 4.03. The maximum absolute atomic E-state index is 11.7. The lowest BCUT2D eigenvalue weighted by molar-refractivity contribution is -0.121. The highest BCUT2D eigenvalue weighted by atomic mass is 79.9. The Hall–Kier alpha value is -1.95. The molecule has 20 heavy (non-hydrogen) atoms. The minimum absolute atomic E-state index is 0.162. The molecule has 2 rings (SSSR count). The number of halogens is 1. The van der Waals surface area contributed by atoms with Gasteiger partial charge >= 0.3 is 0 Å². The topological polar surface area (TPSA) is 59.3 Å². The van der Waals surface area contributed by atoms with E-state index in [1.807, 2.05) is 44.2 Å². The van der Waals surface area contributed by atoms with Gasteiger partial charge in [-0.25, -0.2) is 5.43 Å². The fraction of sp³-hybridized carbons (Fsp3) is 0.214. The number of aryl methyl sites for hydroxylation is 2. The number of carbonyl (C=O) groups is 1. The van der Waals surface area contributed by atoms with E-state index in [9.17, 15) is 4.79 Å². The zero-order valence-corrected chi connectivity index (χ0v) is 12.9. The summed E-state index contributed by atoms with van der Waals surface area (Å²) in [5.74, 6) is -0.206. The molecule has 0 saturated carbocycles. The molecule has 104 valence electrons. The smallest absolute Gasteiger partial charge is 0.261 e. The van der Waals surface area contributed by atoms with Gasteiger partial charge in [-0.1, -0.05) is 28.1 Å². The average Bonchev–Trinajstić information content (AvgIpc) is 2.68. The number of hydrogen-bond acceptors (Lipinski definition) is 3. The summed E-state index contributed by atoms with van der Waals surface area (Å²) < 4.78 is 2.62. The summed E-state index contributed by atoms with van der Waals surface area (Å²) >= 11 is 3.38. The molecular formula is C14H15BrN4O. The fourth-order valence-electron chi connectivity index (χ4n) is 1.77. The highest BCUT2D eigenvalue weighted by Crippen LogP contribution is 2.09. The highest BCUT2D eigenvalue weighted by molar-refractivity contribution is 9.10. The van der Waals surface area contributed by atoms with Crippen LogP contribution in [0.2, 0.25) is 0 Å². The number of aromatic nitrogens is 2. The molecule has 0 bridgehead atoms. The molecule has 1 aromatic heterocycles. The lowest BCUT2D eigenvalue weighted by Gasteiger charge is -2.02. The number of benzene rings is 1. The molecule has 0 atom stereocenters. The summed E-state index contributed by atoms with van der Waals surface area (Å²) in [7, 11) is 0. The summed E-state index contributed by atoms with van der Waals surface area (Å²) in [5.41, 5.74) is 5.25. The fourth-order valence-corrected chi connectivity index (χ4v) is 2.19. The first kappa shape index (κ1) is 14.5. The molecule has 2 aromatic rings. The van der Waals surface area contributed by atoms with Gasteiger partial charge in [0.25, 0.3) is 5.91 Å². The SMILES string of the molecule is Cc1cc(C)n(CC(=O)N/N=C/c2cccc(Br)c2)n1. The Morgan fingerprint density at radius 2 is 2.25 bits per heavy atom. The third-order valence-electron chi connectivity index (χ3n) is 2.65. The minimum atomic E-state index is -0.206. The molecule has 1 N–H and O–H groups in total. The molecule has 0 radical (unpaired) electrons. The van der Waals surface area contributed by atoms with Crippen LogP contribution >= 0.6 is 15.9 Å². The van der Waals surface area contributed by atoms with Gasteiger partial charge in [0.15, 0.2) is 0 Å². The highest BCUT2D eigenvalue weighted by Gasteiger charge is 2.05. The second-order valence-corrected chi connectivity index (χ2v) is 5.35. The largest absolute Gasteiger partial charge is 0.271 e. The van der Waals surface area contributed by atoms with E-state index < -0.39 is 0 Å². The van der Waals surface area contributed by atoms with E-state index in [0.29, 0.717) is 0 Å². The predicted octanol–water partition coefficient (Wildman–Crippen LogP) is 2.41. The molecular weight excluding hydrogens is 320 g/mol. The average molecular weight is 335 g/mol. The monoisotopic (exact) mass is 334 g/mol. The number of carbonyl (C=O) groups excluding carboxylic acids is 1. The van der Waals surface area contributed by atoms with Crippen LogP contribution in [0.4, 0.5) is 0 Å². The third-order valence-corrected chi connectivity index (χ3v) is 3.14. The number of rotatable bonds is 4. The maximum atomic E-state index is 11.7. The maximum Gasteiger partial charge on any atom is 0.261 e. The minimum Gasteiger partial charge on any atom is -0.271 e. The van der Waals surface area contributed by atoms with Crippen LogP contribution in [0, 0.1) is 13.8 Å². The molecule has 0 fully saturated rings. The zero-order chi connectivity index (χ0) is 14.5. The van der Waals surface area contributed by atoms with Crippen molar-refractivity contribution in [2.75, 3.05) is 0 Å². The zero-order valence-electron chi connectivity index (χ0n) is 11.3. The van der Waals surface area contributed by atoms with Gasteiger partial charge in [-0.05, 0) is 37.6 Å². The molecule has 6 heteroatoms. The first-order valence-electron chi connectivity index (χ1n) is 6.13. The summed E-state index contributed by atoms with van der Waals surface area (Å²) in [6.45, 7) is 3.97. The summed E-state index contributed by atoms with van der Waals surface area (Å²) in [5, 5.41) is 8.15. The van der Waals surface area contributed by atoms with Gasteiger partial charge in [-0.15, -0.1) is 0 Å². The molecule has 0 saturated heterocycles. The lowest BCUT2D eigenvalue weighted by Crippen LogP contribution is -2.24. The molecule has 1 amide bonds. The molecule has 0 spiro atoms. The number of hydrogen-bond donors (Lipinski definition) is 1. The number of nitrogens with zero attached hydrogens (tertiary/aromatic N) is 3. The Bertz CT molecular complexity index is 648. The van der Waals surface area contributed by atoms with E-state index >= 15 is 0 Å². The summed E-state index contributed by atoms with van der Waals surface area (Å²) in [6, 6.07) is 9.58. The van der Waals surface area contributed by atoms with Crippen molar-refractivity contribution in [3.63, 3.8) is 0 Å². The van der Waals surface area contributed by atoms with Gasteiger partial charge in [0, 0.05) is 10.2 Å². The van der Waals surface area contributed by atoms with Crippen LogP contribution in [0.15, 0.2) is 39.9 Å².